The molecule has 3 unspecified atom stereocenters. The number of carbonyl (C=O) groups excluding carboxylic acids is 2. The minimum Gasteiger partial charge on any atom is -0.480 e. The SMILES string of the molecule is CC(NC(=O)OCC1c2ccccc2-c2ccccc21)C(C)C(=O)N1CCC(C)(C)C1C(=O)O. The predicted molar refractivity (Wildman–Crippen MR) is 128 cm³/mol. The van der Waals surface area contributed by atoms with Crippen LogP contribution in [0, 0.1) is 11.3 Å². The molecule has 0 radical (unpaired) electrons. The quantitative estimate of drug-likeness (QED) is 0.666. The Labute approximate surface area is 200 Å². The van der Waals surface area contributed by atoms with Gasteiger partial charge in [0, 0.05) is 18.5 Å². The zero-order valence-electron chi connectivity index (χ0n) is 20.1. The number of aliphatic carboxylic acids is 1. The first-order chi connectivity index (χ1) is 16.1. The Morgan fingerprint density at radius 3 is 2.18 bits per heavy atom. The molecule has 1 aliphatic heterocycles. The number of nitrogens with one attached hydrogen (secondary N) is 1. The van der Waals surface area contributed by atoms with E-state index in [1.54, 1.807) is 13.8 Å². The molecule has 7 nitrogen and oxygen atoms in total. The summed E-state index contributed by atoms with van der Waals surface area (Å²) in [7, 11) is 0. The van der Waals surface area contributed by atoms with Crippen molar-refractivity contribution in [1.29, 1.82) is 0 Å². The van der Waals surface area contributed by atoms with E-state index in [2.05, 4.69) is 29.6 Å². The lowest BCUT2D eigenvalue weighted by atomic mass is 9.84. The van der Waals surface area contributed by atoms with Crippen molar-refractivity contribution in [2.24, 2.45) is 11.3 Å². The molecule has 1 saturated heterocycles. The van der Waals surface area contributed by atoms with Crippen molar-refractivity contribution in [3.63, 3.8) is 0 Å². The number of carbonyl (C=O) groups is 3. The van der Waals surface area contributed by atoms with Gasteiger partial charge in [-0.25, -0.2) is 9.59 Å². The van der Waals surface area contributed by atoms with Crippen LogP contribution in [0.1, 0.15) is 51.2 Å². The largest absolute Gasteiger partial charge is 0.480 e. The molecule has 0 bridgehead atoms. The van der Waals surface area contributed by atoms with E-state index in [0.29, 0.717) is 13.0 Å². The van der Waals surface area contributed by atoms with Crippen molar-refractivity contribution >= 4 is 18.0 Å². The second-order valence-corrected chi connectivity index (χ2v) is 10.1. The molecular formula is C27H32N2O5. The molecule has 3 atom stereocenters. The number of fused-ring (bicyclic) bond motifs is 3. The highest BCUT2D eigenvalue weighted by Crippen LogP contribution is 2.44. The standard InChI is InChI=1S/C27H32N2O5/c1-16(24(30)29-14-13-27(3,4)23(29)25(31)32)17(2)28-26(33)34-15-22-20-11-7-5-9-18(20)19-10-6-8-12-21(19)22/h5-12,16-17,22-23H,13-15H2,1-4H3,(H,28,33)(H,31,32). The van der Waals surface area contributed by atoms with E-state index in [1.165, 1.54) is 4.90 Å². The third-order valence-corrected chi connectivity index (χ3v) is 7.39. The highest BCUT2D eigenvalue weighted by Gasteiger charge is 2.48. The van der Waals surface area contributed by atoms with Gasteiger partial charge in [0.1, 0.15) is 12.6 Å². The van der Waals surface area contributed by atoms with Crippen LogP contribution in [-0.4, -0.2) is 53.2 Å². The predicted octanol–water partition coefficient (Wildman–Crippen LogP) is 4.26. The number of benzene rings is 2. The number of hydrogen-bond acceptors (Lipinski definition) is 4. The van der Waals surface area contributed by atoms with E-state index in [0.717, 1.165) is 22.3 Å². The van der Waals surface area contributed by atoms with Crippen LogP contribution < -0.4 is 5.32 Å². The van der Waals surface area contributed by atoms with Crippen molar-refractivity contribution in [3.05, 3.63) is 59.7 Å². The third kappa shape index (κ3) is 4.27. The molecule has 2 amide bonds. The highest BCUT2D eigenvalue weighted by molar-refractivity contribution is 5.87. The first-order valence-corrected chi connectivity index (χ1v) is 11.8. The summed E-state index contributed by atoms with van der Waals surface area (Å²) >= 11 is 0. The summed E-state index contributed by atoms with van der Waals surface area (Å²) in [5, 5.41) is 12.4. The summed E-state index contributed by atoms with van der Waals surface area (Å²) in [5.41, 5.74) is 4.07. The molecule has 2 aromatic carbocycles. The minimum absolute atomic E-state index is 0.0457. The molecule has 7 heteroatoms. The average Bonchev–Trinajstić information content (AvgIpc) is 3.30. The number of alkyl carbamates (subject to hydrolysis) is 1. The van der Waals surface area contributed by atoms with Crippen molar-refractivity contribution < 1.29 is 24.2 Å². The van der Waals surface area contributed by atoms with Crippen molar-refractivity contribution in [1.82, 2.24) is 10.2 Å². The number of nitrogens with zero attached hydrogens (tertiary/aromatic N) is 1. The summed E-state index contributed by atoms with van der Waals surface area (Å²) in [6, 6.07) is 14.9. The highest BCUT2D eigenvalue weighted by atomic mass is 16.5. The van der Waals surface area contributed by atoms with Gasteiger partial charge in [0.05, 0.1) is 5.92 Å². The summed E-state index contributed by atoms with van der Waals surface area (Å²) in [6.07, 6.45) is 0.0296. The topological polar surface area (TPSA) is 95.9 Å². The van der Waals surface area contributed by atoms with Gasteiger partial charge in [-0.15, -0.1) is 0 Å². The fraction of sp³-hybridized carbons (Fsp3) is 0.444. The van der Waals surface area contributed by atoms with Gasteiger partial charge in [0.15, 0.2) is 0 Å². The molecule has 2 aliphatic rings. The molecule has 1 fully saturated rings. The first kappa shape index (κ1) is 23.8. The fourth-order valence-corrected chi connectivity index (χ4v) is 5.23. The lowest BCUT2D eigenvalue weighted by Gasteiger charge is -2.32. The third-order valence-electron chi connectivity index (χ3n) is 7.39. The second-order valence-electron chi connectivity index (χ2n) is 10.1. The van der Waals surface area contributed by atoms with Crippen LogP contribution in [0.15, 0.2) is 48.5 Å². The maximum absolute atomic E-state index is 13.1. The maximum Gasteiger partial charge on any atom is 0.407 e. The van der Waals surface area contributed by atoms with Gasteiger partial charge in [-0.05, 0) is 41.0 Å². The Bertz CT molecular complexity index is 1070. The number of carboxylic acid groups (broad SMARTS) is 1. The van der Waals surface area contributed by atoms with Gasteiger partial charge in [-0.3, -0.25) is 4.79 Å². The van der Waals surface area contributed by atoms with Crippen LogP contribution >= 0.6 is 0 Å². The molecule has 180 valence electrons. The molecule has 4 rings (SSSR count). The molecule has 0 saturated carbocycles. The summed E-state index contributed by atoms with van der Waals surface area (Å²) in [5.74, 6) is -1.91. The lowest BCUT2D eigenvalue weighted by molar-refractivity contribution is -0.153. The molecule has 2 N–H and O–H groups in total. The normalized spacial score (nSPS) is 20.2. The van der Waals surface area contributed by atoms with Crippen LogP contribution in [0.3, 0.4) is 0 Å². The number of hydrogen-bond donors (Lipinski definition) is 2. The Kier molecular flexibility index (Phi) is 6.39. The number of amides is 2. The maximum atomic E-state index is 13.1. The molecular weight excluding hydrogens is 432 g/mol. The average molecular weight is 465 g/mol. The van der Waals surface area contributed by atoms with Crippen molar-refractivity contribution in [2.75, 3.05) is 13.2 Å². The summed E-state index contributed by atoms with van der Waals surface area (Å²) < 4.78 is 5.59. The van der Waals surface area contributed by atoms with Crippen molar-refractivity contribution in [3.8, 4) is 11.1 Å². The van der Waals surface area contributed by atoms with Gasteiger partial charge >= 0.3 is 12.1 Å². The Morgan fingerprint density at radius 2 is 1.62 bits per heavy atom. The van der Waals surface area contributed by atoms with Crippen LogP contribution in [0.5, 0.6) is 0 Å². The van der Waals surface area contributed by atoms with Crippen LogP contribution in [0.2, 0.25) is 0 Å². The molecule has 2 aromatic rings. The number of likely N-dealkylation sites (tertiary alicyclic amines) is 1. The molecule has 1 heterocycles. The zero-order valence-corrected chi connectivity index (χ0v) is 20.1. The van der Waals surface area contributed by atoms with Crippen LogP contribution in [-0.2, 0) is 14.3 Å². The molecule has 34 heavy (non-hydrogen) atoms. The van der Waals surface area contributed by atoms with Gasteiger partial charge in [0.2, 0.25) is 5.91 Å². The lowest BCUT2D eigenvalue weighted by Crippen LogP contribution is -2.51. The summed E-state index contributed by atoms with van der Waals surface area (Å²) in [6.45, 7) is 7.76. The second kappa shape index (κ2) is 9.12. The smallest absolute Gasteiger partial charge is 0.407 e. The van der Waals surface area contributed by atoms with Gasteiger partial charge in [-0.2, -0.15) is 0 Å². The van der Waals surface area contributed by atoms with Crippen molar-refractivity contribution in [2.45, 2.75) is 52.1 Å². The van der Waals surface area contributed by atoms with E-state index >= 15 is 0 Å². The number of carboxylic acids is 1. The number of ether oxygens (including phenoxy) is 1. The summed E-state index contributed by atoms with van der Waals surface area (Å²) in [4.78, 5) is 38.9. The van der Waals surface area contributed by atoms with Gasteiger partial charge in [-0.1, -0.05) is 69.3 Å². The first-order valence-electron chi connectivity index (χ1n) is 11.8. The van der Waals surface area contributed by atoms with Crippen LogP contribution in [0.4, 0.5) is 4.79 Å². The molecule has 1 aliphatic carbocycles. The van der Waals surface area contributed by atoms with Gasteiger partial charge < -0.3 is 20.1 Å². The monoisotopic (exact) mass is 464 g/mol. The Morgan fingerprint density at radius 1 is 1.06 bits per heavy atom. The fourth-order valence-electron chi connectivity index (χ4n) is 5.23. The Balaban J connectivity index is 1.37. The molecule has 0 aromatic heterocycles. The van der Waals surface area contributed by atoms with E-state index in [1.807, 2.05) is 38.1 Å². The van der Waals surface area contributed by atoms with E-state index in [9.17, 15) is 19.5 Å². The molecule has 0 spiro atoms. The van der Waals surface area contributed by atoms with E-state index in [-0.39, 0.29) is 18.4 Å². The Hall–Kier alpha value is -3.35. The number of rotatable bonds is 6. The zero-order chi connectivity index (χ0) is 24.6. The van der Waals surface area contributed by atoms with E-state index in [4.69, 9.17) is 4.74 Å². The minimum atomic E-state index is -1.000. The van der Waals surface area contributed by atoms with Crippen LogP contribution in [0.25, 0.3) is 11.1 Å². The van der Waals surface area contributed by atoms with E-state index < -0.39 is 35.5 Å². The van der Waals surface area contributed by atoms with Gasteiger partial charge in [0.25, 0.3) is 0 Å².